The number of nitrogens with zero attached hydrogens (tertiary/aromatic N) is 1. The van der Waals surface area contributed by atoms with Crippen LogP contribution in [0.1, 0.15) is 24.8 Å². The van der Waals surface area contributed by atoms with Crippen molar-refractivity contribution in [1.29, 1.82) is 0 Å². The maximum atomic E-state index is 11.3. The quantitative estimate of drug-likeness (QED) is 0.439. The van der Waals surface area contributed by atoms with E-state index in [1.54, 1.807) is 23.9 Å². The number of thioether (sulfide) groups is 1. The molecule has 0 aromatic heterocycles. The van der Waals surface area contributed by atoms with Crippen molar-refractivity contribution in [3.05, 3.63) is 39.9 Å². The van der Waals surface area contributed by atoms with Crippen LogP contribution in [0.4, 0.5) is 0 Å². The zero-order valence-electron chi connectivity index (χ0n) is 12.7. The molecule has 0 radical (unpaired) electrons. The van der Waals surface area contributed by atoms with Gasteiger partial charge in [0.25, 0.3) is 5.09 Å². The molecule has 1 aliphatic rings. The summed E-state index contributed by atoms with van der Waals surface area (Å²) >= 11 is 1.56. The normalized spacial score (nSPS) is 22.5. The molecule has 2 unspecified atom stereocenters. The number of rotatable bonds is 7. The Hall–Kier alpha value is -2.00. The van der Waals surface area contributed by atoms with E-state index in [1.807, 2.05) is 26.0 Å². The predicted molar refractivity (Wildman–Crippen MR) is 83.9 cm³/mol. The first kappa shape index (κ1) is 17.4. The van der Waals surface area contributed by atoms with Gasteiger partial charge in [0.15, 0.2) is 0 Å². The van der Waals surface area contributed by atoms with Crippen molar-refractivity contribution in [2.75, 3.05) is 13.2 Å². The molecule has 126 valence electrons. The van der Waals surface area contributed by atoms with Crippen molar-refractivity contribution in [3.63, 3.8) is 0 Å². The molecule has 1 aromatic rings. The first-order chi connectivity index (χ1) is 10.8. The SMILES string of the molecule is CC1(C)SC(c2ccc(OCCO[N+](=O)[O-])cc2)NC1C(=O)O. The zero-order chi connectivity index (χ0) is 17.0. The molecule has 0 amide bonds. The number of hydrogen-bond acceptors (Lipinski definition) is 7. The topological polar surface area (TPSA) is 111 Å². The Labute approximate surface area is 137 Å². The molecule has 1 aliphatic heterocycles. The average Bonchev–Trinajstić information content (AvgIpc) is 2.80. The van der Waals surface area contributed by atoms with Gasteiger partial charge in [-0.2, -0.15) is 0 Å². The highest BCUT2D eigenvalue weighted by atomic mass is 32.2. The zero-order valence-corrected chi connectivity index (χ0v) is 13.5. The van der Waals surface area contributed by atoms with Gasteiger partial charge in [0.1, 0.15) is 25.0 Å². The van der Waals surface area contributed by atoms with Crippen LogP contribution in [0, 0.1) is 10.1 Å². The van der Waals surface area contributed by atoms with Crippen LogP contribution in [-0.4, -0.2) is 40.2 Å². The second-order valence-corrected chi connectivity index (χ2v) is 7.27. The van der Waals surface area contributed by atoms with Gasteiger partial charge in [0.05, 0.1) is 5.37 Å². The van der Waals surface area contributed by atoms with Crippen LogP contribution in [-0.2, 0) is 9.63 Å². The Balaban J connectivity index is 1.92. The van der Waals surface area contributed by atoms with Crippen molar-refractivity contribution >= 4 is 17.7 Å². The molecule has 23 heavy (non-hydrogen) atoms. The molecule has 0 saturated carbocycles. The highest BCUT2D eigenvalue weighted by Gasteiger charge is 2.45. The van der Waals surface area contributed by atoms with Crippen LogP contribution < -0.4 is 10.1 Å². The minimum Gasteiger partial charge on any atom is -0.492 e. The highest BCUT2D eigenvalue weighted by molar-refractivity contribution is 8.01. The summed E-state index contributed by atoms with van der Waals surface area (Å²) in [6.07, 6.45) is 0. The molecule has 1 fully saturated rings. The van der Waals surface area contributed by atoms with Gasteiger partial charge in [-0.05, 0) is 31.5 Å². The number of benzene rings is 1. The van der Waals surface area contributed by atoms with Gasteiger partial charge >= 0.3 is 5.97 Å². The van der Waals surface area contributed by atoms with Gasteiger partial charge < -0.3 is 14.7 Å². The van der Waals surface area contributed by atoms with E-state index in [0.717, 1.165) is 5.56 Å². The summed E-state index contributed by atoms with van der Waals surface area (Å²) in [7, 11) is 0. The summed E-state index contributed by atoms with van der Waals surface area (Å²) in [5.41, 5.74) is 0.945. The summed E-state index contributed by atoms with van der Waals surface area (Å²) in [5, 5.41) is 21.4. The molecule has 0 aliphatic carbocycles. The Morgan fingerprint density at radius 2 is 2.04 bits per heavy atom. The maximum Gasteiger partial charge on any atom is 0.322 e. The Kier molecular flexibility index (Phi) is 5.32. The van der Waals surface area contributed by atoms with Gasteiger partial charge in [0, 0.05) is 4.75 Å². The third-order valence-corrected chi connectivity index (χ3v) is 4.90. The van der Waals surface area contributed by atoms with Gasteiger partial charge in [-0.15, -0.1) is 21.9 Å². The van der Waals surface area contributed by atoms with Crippen LogP contribution in [0.15, 0.2) is 24.3 Å². The van der Waals surface area contributed by atoms with Crippen molar-refractivity contribution in [2.45, 2.75) is 30.0 Å². The van der Waals surface area contributed by atoms with Crippen LogP contribution in [0.5, 0.6) is 5.75 Å². The lowest BCUT2D eigenvalue weighted by molar-refractivity contribution is -0.757. The van der Waals surface area contributed by atoms with E-state index >= 15 is 0 Å². The summed E-state index contributed by atoms with van der Waals surface area (Å²) in [6.45, 7) is 3.74. The smallest absolute Gasteiger partial charge is 0.322 e. The lowest BCUT2D eigenvalue weighted by Crippen LogP contribution is -2.43. The first-order valence-corrected chi connectivity index (χ1v) is 7.84. The van der Waals surface area contributed by atoms with E-state index < -0.39 is 21.8 Å². The molecule has 1 heterocycles. The predicted octanol–water partition coefficient (Wildman–Crippen LogP) is 1.84. The van der Waals surface area contributed by atoms with Gasteiger partial charge in [-0.25, -0.2) is 0 Å². The summed E-state index contributed by atoms with van der Waals surface area (Å²) in [4.78, 5) is 25.4. The van der Waals surface area contributed by atoms with Gasteiger partial charge in [-0.3, -0.25) is 10.1 Å². The van der Waals surface area contributed by atoms with Crippen LogP contribution in [0.3, 0.4) is 0 Å². The molecule has 1 saturated heterocycles. The van der Waals surface area contributed by atoms with Crippen molar-refractivity contribution < 1.29 is 24.6 Å². The van der Waals surface area contributed by atoms with E-state index in [-0.39, 0.29) is 18.6 Å². The maximum absolute atomic E-state index is 11.3. The largest absolute Gasteiger partial charge is 0.492 e. The third kappa shape index (κ3) is 4.49. The second kappa shape index (κ2) is 7.05. The monoisotopic (exact) mass is 342 g/mol. The van der Waals surface area contributed by atoms with Crippen molar-refractivity contribution in [3.8, 4) is 5.75 Å². The van der Waals surface area contributed by atoms with Crippen LogP contribution >= 0.6 is 11.8 Å². The lowest BCUT2D eigenvalue weighted by Gasteiger charge is -2.20. The molecule has 0 bridgehead atoms. The van der Waals surface area contributed by atoms with E-state index in [4.69, 9.17) is 4.74 Å². The summed E-state index contributed by atoms with van der Waals surface area (Å²) < 4.78 is 4.91. The number of ether oxygens (including phenoxy) is 1. The molecule has 0 spiro atoms. The number of carboxylic acids is 1. The van der Waals surface area contributed by atoms with E-state index in [1.165, 1.54) is 0 Å². The number of carbonyl (C=O) groups is 1. The summed E-state index contributed by atoms with van der Waals surface area (Å²) in [6, 6.07) is 6.55. The van der Waals surface area contributed by atoms with Gasteiger partial charge in [-0.1, -0.05) is 12.1 Å². The molecule has 1 aromatic carbocycles. The number of hydrogen-bond donors (Lipinski definition) is 2. The molecule has 2 atom stereocenters. The molecule has 2 N–H and O–H groups in total. The van der Waals surface area contributed by atoms with E-state index in [0.29, 0.717) is 5.75 Å². The van der Waals surface area contributed by atoms with E-state index in [9.17, 15) is 20.0 Å². The molecular formula is C14H18N2O6S. The fourth-order valence-corrected chi connectivity index (χ4v) is 3.71. The Bertz CT molecular complexity index is 577. The minimum atomic E-state index is -0.865. The highest BCUT2D eigenvalue weighted by Crippen LogP contribution is 2.45. The number of aliphatic carboxylic acids is 1. The summed E-state index contributed by atoms with van der Waals surface area (Å²) in [5.74, 6) is -0.298. The van der Waals surface area contributed by atoms with Crippen molar-refractivity contribution in [2.24, 2.45) is 0 Å². The van der Waals surface area contributed by atoms with Gasteiger partial charge in [0.2, 0.25) is 0 Å². The molecular weight excluding hydrogens is 324 g/mol. The van der Waals surface area contributed by atoms with Crippen LogP contribution in [0.2, 0.25) is 0 Å². The number of nitrogens with one attached hydrogen (secondary N) is 1. The number of carboxylic acid groups (broad SMARTS) is 1. The fourth-order valence-electron chi connectivity index (χ4n) is 2.30. The standard InChI is InChI=1S/C14H18N2O6S/c1-14(2)11(13(17)18)15-12(23-14)9-3-5-10(6-4-9)21-7-8-22-16(19)20/h3-6,11-12,15H,7-8H2,1-2H3,(H,17,18). The van der Waals surface area contributed by atoms with E-state index in [2.05, 4.69) is 10.2 Å². The first-order valence-electron chi connectivity index (χ1n) is 6.96. The minimum absolute atomic E-state index is 0.0743. The van der Waals surface area contributed by atoms with Crippen molar-refractivity contribution in [1.82, 2.24) is 5.32 Å². The third-order valence-electron chi connectivity index (χ3n) is 3.41. The Morgan fingerprint density at radius 3 is 2.57 bits per heavy atom. The average molecular weight is 342 g/mol. The second-order valence-electron chi connectivity index (χ2n) is 5.51. The lowest BCUT2D eigenvalue weighted by atomic mass is 10.0. The molecule has 8 nitrogen and oxygen atoms in total. The molecule has 2 rings (SSSR count). The van der Waals surface area contributed by atoms with Crippen LogP contribution in [0.25, 0.3) is 0 Å². The molecule has 9 heteroatoms. The Morgan fingerprint density at radius 1 is 1.39 bits per heavy atom. The fraction of sp³-hybridized carbons (Fsp3) is 0.500.